The van der Waals surface area contributed by atoms with Crippen molar-refractivity contribution in [2.24, 2.45) is 0 Å². The molecule has 0 atom stereocenters. The van der Waals surface area contributed by atoms with Crippen LogP contribution < -0.4 is 4.90 Å². The maximum atomic E-state index is 14.8. The highest BCUT2D eigenvalue weighted by atomic mass is 35.5. The number of halogens is 2. The van der Waals surface area contributed by atoms with Crippen LogP contribution in [0.1, 0.15) is 58.3 Å². The van der Waals surface area contributed by atoms with Crippen molar-refractivity contribution in [2.45, 2.75) is 65.9 Å². The maximum Gasteiger partial charge on any atom is 0.334 e. The number of carbonyl (C=O) groups excluding carboxylic acids is 4. The summed E-state index contributed by atoms with van der Waals surface area (Å²) in [7, 11) is 0. The molecule has 1 aliphatic carbocycles. The second kappa shape index (κ2) is 10.9. The summed E-state index contributed by atoms with van der Waals surface area (Å²) in [4.78, 5) is 50.7. The van der Waals surface area contributed by atoms with E-state index in [9.17, 15) is 23.6 Å². The largest absolute Gasteiger partial charge is 0.466 e. The van der Waals surface area contributed by atoms with Gasteiger partial charge in [0.1, 0.15) is 5.69 Å². The minimum absolute atomic E-state index is 0.112. The Morgan fingerprint density at radius 3 is 2.32 bits per heavy atom. The monoisotopic (exact) mass is 473 g/mol. The molecule has 7 nitrogen and oxygen atoms in total. The molecule has 31 heavy (non-hydrogen) atoms. The van der Waals surface area contributed by atoms with Crippen LogP contribution in [0.5, 0.6) is 0 Å². The van der Waals surface area contributed by atoms with E-state index in [2.05, 4.69) is 0 Å². The molecule has 0 N–H and O–H groups in total. The summed E-state index contributed by atoms with van der Waals surface area (Å²) >= 11 is 6.84. The molecule has 0 unspecified atom stereocenters. The number of carbonyl (C=O) groups is 4. The van der Waals surface area contributed by atoms with Gasteiger partial charge >= 0.3 is 11.9 Å². The highest BCUT2D eigenvalue weighted by Crippen LogP contribution is 2.41. The summed E-state index contributed by atoms with van der Waals surface area (Å²) in [6.07, 6.45) is 1.24. The number of anilines is 1. The number of amides is 2. The van der Waals surface area contributed by atoms with Crippen LogP contribution in [0.4, 0.5) is 10.1 Å². The predicted molar refractivity (Wildman–Crippen MR) is 115 cm³/mol. The molecule has 170 valence electrons. The van der Waals surface area contributed by atoms with Gasteiger partial charge in [-0.1, -0.05) is 11.6 Å². The molecule has 0 bridgehead atoms. The minimum Gasteiger partial charge on any atom is -0.466 e. The van der Waals surface area contributed by atoms with Gasteiger partial charge in [-0.3, -0.25) is 14.4 Å². The second-order valence-electron chi connectivity index (χ2n) is 7.22. The number of esters is 2. The minimum atomic E-state index is -0.879. The van der Waals surface area contributed by atoms with Crippen molar-refractivity contribution in [2.75, 3.05) is 11.5 Å². The van der Waals surface area contributed by atoms with E-state index in [0.717, 1.165) is 6.92 Å². The van der Waals surface area contributed by atoms with Gasteiger partial charge in [0.2, 0.25) is 11.0 Å². The lowest BCUT2D eigenvalue weighted by atomic mass is 9.90. The Labute approximate surface area is 189 Å². The zero-order valence-corrected chi connectivity index (χ0v) is 19.5. The Hall–Kier alpha value is -2.26. The van der Waals surface area contributed by atoms with E-state index in [1.165, 1.54) is 0 Å². The zero-order valence-electron chi connectivity index (χ0n) is 17.9. The number of hydrogen-bond donors (Lipinski definition) is 0. The van der Waals surface area contributed by atoms with Gasteiger partial charge in [0.05, 0.1) is 24.2 Å². The topological polar surface area (TPSA) is 90.0 Å². The zero-order chi connectivity index (χ0) is 23.3. The van der Waals surface area contributed by atoms with Crippen molar-refractivity contribution in [3.05, 3.63) is 26.2 Å². The van der Waals surface area contributed by atoms with Crippen molar-refractivity contribution in [1.82, 2.24) is 0 Å². The first kappa shape index (κ1) is 25.0. The summed E-state index contributed by atoms with van der Waals surface area (Å²) in [6.45, 7) is 6.27. The van der Waals surface area contributed by atoms with Gasteiger partial charge in [-0.05, 0) is 46.5 Å². The first-order chi connectivity index (χ1) is 14.6. The molecule has 1 aromatic rings. The molecule has 0 fully saturated rings. The number of thiophene rings is 1. The van der Waals surface area contributed by atoms with Gasteiger partial charge in [0.15, 0.2) is 0 Å². The van der Waals surface area contributed by atoms with Crippen LogP contribution in [0.2, 0.25) is 5.02 Å². The molecule has 10 heteroatoms. The standard InChI is InChI=1S/C21H25ClFNO6S/c1-5-29-16(26)10-15-17(22)18(19(23)31-15)24(12(4)25)20(27)13-8-6-7-9-14(13)21(28)30-11(2)3/h11H,5-10H2,1-4H3. The highest BCUT2D eigenvalue weighted by molar-refractivity contribution is 7.11. The lowest BCUT2D eigenvalue weighted by molar-refractivity contribution is -0.143. The van der Waals surface area contributed by atoms with E-state index in [-0.39, 0.29) is 46.6 Å². The average Bonchev–Trinajstić information content (AvgIpc) is 2.95. The molecule has 1 aromatic heterocycles. The Morgan fingerprint density at radius 1 is 1.16 bits per heavy atom. The Kier molecular flexibility index (Phi) is 8.76. The van der Waals surface area contributed by atoms with E-state index in [1.54, 1.807) is 20.8 Å². The molecule has 0 spiro atoms. The Balaban J connectivity index is 2.48. The fourth-order valence-corrected chi connectivity index (χ4v) is 4.54. The van der Waals surface area contributed by atoms with E-state index < -0.39 is 34.6 Å². The van der Waals surface area contributed by atoms with E-state index >= 15 is 0 Å². The fourth-order valence-electron chi connectivity index (χ4n) is 3.25. The molecule has 1 heterocycles. The first-order valence-corrected chi connectivity index (χ1v) is 11.2. The molecule has 0 aromatic carbocycles. The van der Waals surface area contributed by atoms with Gasteiger partial charge in [-0.2, -0.15) is 4.39 Å². The first-order valence-electron chi connectivity index (χ1n) is 9.98. The third kappa shape index (κ3) is 5.92. The molecule has 0 radical (unpaired) electrons. The third-order valence-electron chi connectivity index (χ3n) is 4.52. The maximum absolute atomic E-state index is 14.8. The van der Waals surface area contributed by atoms with Gasteiger partial charge in [0.25, 0.3) is 5.91 Å². The summed E-state index contributed by atoms with van der Waals surface area (Å²) < 4.78 is 24.9. The lowest BCUT2D eigenvalue weighted by Crippen LogP contribution is -2.38. The van der Waals surface area contributed by atoms with Crippen LogP contribution in [0, 0.1) is 5.13 Å². The number of ether oxygens (including phenoxy) is 2. The summed E-state index contributed by atoms with van der Waals surface area (Å²) in [6, 6.07) is 0. The summed E-state index contributed by atoms with van der Waals surface area (Å²) in [5, 5.41) is -1.09. The molecule has 2 amide bonds. The number of hydrogen-bond acceptors (Lipinski definition) is 7. The molecular weight excluding hydrogens is 449 g/mol. The SMILES string of the molecule is CCOC(=O)Cc1sc(F)c(N(C(C)=O)C(=O)C2=C(C(=O)OC(C)C)CCCC2)c1Cl. The lowest BCUT2D eigenvalue weighted by Gasteiger charge is -2.25. The van der Waals surface area contributed by atoms with Crippen molar-refractivity contribution in [3.63, 3.8) is 0 Å². The van der Waals surface area contributed by atoms with Gasteiger partial charge in [-0.15, -0.1) is 11.3 Å². The van der Waals surface area contributed by atoms with E-state index in [4.69, 9.17) is 21.1 Å². The molecule has 2 rings (SSSR count). The third-order valence-corrected chi connectivity index (χ3v) is 6.01. The number of rotatable bonds is 7. The smallest absolute Gasteiger partial charge is 0.334 e. The van der Waals surface area contributed by atoms with Gasteiger partial charge < -0.3 is 9.47 Å². The van der Waals surface area contributed by atoms with Crippen LogP contribution in [0.3, 0.4) is 0 Å². The van der Waals surface area contributed by atoms with E-state index in [0.29, 0.717) is 35.5 Å². The molecular formula is C21H25ClFNO6S. The van der Waals surface area contributed by atoms with Crippen LogP contribution in [0.15, 0.2) is 11.1 Å². The molecule has 0 saturated heterocycles. The Morgan fingerprint density at radius 2 is 1.77 bits per heavy atom. The summed E-state index contributed by atoms with van der Waals surface area (Å²) in [5.41, 5.74) is -0.117. The van der Waals surface area contributed by atoms with Crippen LogP contribution in [-0.2, 0) is 35.1 Å². The average molecular weight is 474 g/mol. The molecule has 0 saturated carbocycles. The van der Waals surface area contributed by atoms with Crippen LogP contribution in [0.25, 0.3) is 0 Å². The molecule has 1 aliphatic rings. The normalized spacial score (nSPS) is 13.9. The fraction of sp³-hybridized carbons (Fsp3) is 0.524. The second-order valence-corrected chi connectivity index (χ2v) is 8.65. The van der Waals surface area contributed by atoms with Crippen molar-refractivity contribution in [1.29, 1.82) is 0 Å². The number of imide groups is 1. The quantitative estimate of drug-likeness (QED) is 0.547. The predicted octanol–water partition coefficient (Wildman–Crippen LogP) is 4.35. The van der Waals surface area contributed by atoms with Gasteiger partial charge in [0, 0.05) is 22.9 Å². The van der Waals surface area contributed by atoms with Crippen LogP contribution >= 0.6 is 22.9 Å². The Bertz CT molecular complexity index is 923. The van der Waals surface area contributed by atoms with Crippen molar-refractivity contribution in [3.8, 4) is 0 Å². The van der Waals surface area contributed by atoms with Gasteiger partial charge in [-0.25, -0.2) is 9.69 Å². The van der Waals surface area contributed by atoms with Crippen molar-refractivity contribution < 1.29 is 33.0 Å². The van der Waals surface area contributed by atoms with Crippen molar-refractivity contribution >= 4 is 52.4 Å². The number of nitrogens with zero attached hydrogens (tertiary/aromatic N) is 1. The molecule has 0 aliphatic heterocycles. The van der Waals surface area contributed by atoms with Crippen LogP contribution in [-0.4, -0.2) is 36.5 Å². The highest BCUT2D eigenvalue weighted by Gasteiger charge is 2.35. The van der Waals surface area contributed by atoms with E-state index in [1.807, 2.05) is 0 Å². The summed E-state index contributed by atoms with van der Waals surface area (Å²) in [5.74, 6) is -2.81.